The van der Waals surface area contributed by atoms with Gasteiger partial charge in [0.15, 0.2) is 0 Å². The number of hydrogen-bond donors (Lipinski definition) is 1. The van der Waals surface area contributed by atoms with Crippen molar-refractivity contribution >= 4 is 6.09 Å². The van der Waals surface area contributed by atoms with Crippen molar-refractivity contribution in [1.82, 2.24) is 10.2 Å². The van der Waals surface area contributed by atoms with E-state index in [1.807, 2.05) is 24.3 Å². The fourth-order valence-electron chi connectivity index (χ4n) is 3.59. The summed E-state index contributed by atoms with van der Waals surface area (Å²) in [6.45, 7) is 4.63. The van der Waals surface area contributed by atoms with E-state index in [1.165, 1.54) is 12.1 Å². The summed E-state index contributed by atoms with van der Waals surface area (Å²) in [7, 11) is 0. The summed E-state index contributed by atoms with van der Waals surface area (Å²) in [4.78, 5) is 13.8. The summed E-state index contributed by atoms with van der Waals surface area (Å²) in [5.41, 5.74) is 2.10. The van der Waals surface area contributed by atoms with Crippen LogP contribution in [0.2, 0.25) is 0 Å². The Bertz CT molecular complexity index is 827. The second-order valence-electron chi connectivity index (χ2n) is 7.88. The average Bonchev–Trinajstić information content (AvgIpc) is 2.78. The van der Waals surface area contributed by atoms with E-state index in [9.17, 15) is 18.0 Å². The highest BCUT2D eigenvalue weighted by atomic mass is 19.4. The number of unbranched alkanes of at least 4 members (excludes halogenated alkanes) is 1. The lowest BCUT2D eigenvalue weighted by molar-refractivity contribution is -0.137. The highest BCUT2D eigenvalue weighted by Crippen LogP contribution is 2.31. The van der Waals surface area contributed by atoms with Gasteiger partial charge in [-0.05, 0) is 48.1 Å². The molecule has 1 fully saturated rings. The molecule has 0 aliphatic carbocycles. The lowest BCUT2D eigenvalue weighted by atomic mass is 10.0. The Morgan fingerprint density at radius 2 is 1.61 bits per heavy atom. The number of likely N-dealkylation sites (tertiary alicyclic amines) is 1. The molecule has 2 aromatic rings. The number of alkyl halides is 3. The lowest BCUT2D eigenvalue weighted by Gasteiger charge is -2.31. The second kappa shape index (κ2) is 10.7. The summed E-state index contributed by atoms with van der Waals surface area (Å²) in [6, 6.07) is 13.4. The van der Waals surface area contributed by atoms with Crippen LogP contribution in [0.4, 0.5) is 18.0 Å². The fourth-order valence-corrected chi connectivity index (χ4v) is 3.59. The number of carbonyl (C=O) groups excluding carboxylic acids is 1. The van der Waals surface area contributed by atoms with E-state index in [-0.39, 0.29) is 6.09 Å². The topological polar surface area (TPSA) is 41.6 Å². The van der Waals surface area contributed by atoms with Crippen molar-refractivity contribution in [2.24, 2.45) is 0 Å². The largest absolute Gasteiger partial charge is 0.449 e. The van der Waals surface area contributed by atoms with Gasteiger partial charge in [0.25, 0.3) is 0 Å². The molecule has 1 aliphatic heterocycles. The molecule has 0 aromatic heterocycles. The van der Waals surface area contributed by atoms with E-state index in [0.717, 1.165) is 54.5 Å². The maximum atomic E-state index is 12.7. The van der Waals surface area contributed by atoms with Gasteiger partial charge in [0.2, 0.25) is 0 Å². The highest BCUT2D eigenvalue weighted by Gasteiger charge is 2.30. The van der Waals surface area contributed by atoms with Crippen LogP contribution < -0.4 is 5.32 Å². The molecule has 0 radical (unpaired) electrons. The van der Waals surface area contributed by atoms with E-state index < -0.39 is 11.7 Å². The van der Waals surface area contributed by atoms with Crippen molar-refractivity contribution in [3.05, 3.63) is 59.7 Å². The molecule has 0 unspecified atom stereocenters. The molecule has 4 nitrogen and oxygen atoms in total. The summed E-state index contributed by atoms with van der Waals surface area (Å²) < 4.78 is 43.4. The quantitative estimate of drug-likeness (QED) is 0.555. The van der Waals surface area contributed by atoms with Crippen LogP contribution >= 0.6 is 0 Å². The number of piperidine rings is 1. The zero-order valence-corrected chi connectivity index (χ0v) is 17.8. The fraction of sp³-hybridized carbons (Fsp3) is 0.458. The first-order chi connectivity index (χ1) is 14.9. The van der Waals surface area contributed by atoms with Crippen LogP contribution in [0, 0.1) is 0 Å². The zero-order chi connectivity index (χ0) is 22.3. The molecule has 0 bridgehead atoms. The van der Waals surface area contributed by atoms with E-state index >= 15 is 0 Å². The molecule has 1 amide bonds. The zero-order valence-electron chi connectivity index (χ0n) is 17.8. The predicted molar refractivity (Wildman–Crippen MR) is 115 cm³/mol. The number of benzene rings is 2. The molecule has 2 aromatic carbocycles. The van der Waals surface area contributed by atoms with Crippen molar-refractivity contribution in [2.45, 2.75) is 51.4 Å². The smallest absolute Gasteiger partial charge is 0.416 e. The Morgan fingerprint density at radius 3 is 2.16 bits per heavy atom. The number of halogens is 3. The molecular formula is C24H29F3N2O2. The van der Waals surface area contributed by atoms with Gasteiger partial charge in [-0.1, -0.05) is 49.7 Å². The number of nitrogens with one attached hydrogen (secondary N) is 1. The van der Waals surface area contributed by atoms with Crippen LogP contribution in [-0.4, -0.2) is 36.7 Å². The molecule has 1 N–H and O–H groups in total. The Hall–Kier alpha value is -2.54. The van der Waals surface area contributed by atoms with Crippen LogP contribution in [0.15, 0.2) is 48.5 Å². The number of carbonyl (C=O) groups is 1. The minimum atomic E-state index is -4.32. The van der Waals surface area contributed by atoms with Gasteiger partial charge in [-0.25, -0.2) is 4.79 Å². The third kappa shape index (κ3) is 6.72. The van der Waals surface area contributed by atoms with Crippen molar-refractivity contribution in [1.29, 1.82) is 0 Å². The summed E-state index contributed by atoms with van der Waals surface area (Å²) >= 11 is 0. The van der Waals surface area contributed by atoms with Crippen molar-refractivity contribution < 1.29 is 22.7 Å². The number of hydrogen-bond acceptors (Lipinski definition) is 3. The molecule has 168 valence electrons. The first-order valence-corrected chi connectivity index (χ1v) is 10.8. The van der Waals surface area contributed by atoms with Gasteiger partial charge in [0, 0.05) is 25.7 Å². The molecule has 31 heavy (non-hydrogen) atoms. The van der Waals surface area contributed by atoms with Gasteiger partial charge < -0.3 is 15.0 Å². The van der Waals surface area contributed by atoms with E-state index in [4.69, 9.17) is 4.74 Å². The van der Waals surface area contributed by atoms with Crippen molar-refractivity contribution in [2.75, 3.05) is 19.7 Å². The molecule has 1 saturated heterocycles. The highest BCUT2D eigenvalue weighted by molar-refractivity contribution is 5.67. The Morgan fingerprint density at radius 1 is 1.03 bits per heavy atom. The molecule has 1 heterocycles. The van der Waals surface area contributed by atoms with Gasteiger partial charge >= 0.3 is 12.3 Å². The number of ether oxygens (including phenoxy) is 1. The summed E-state index contributed by atoms with van der Waals surface area (Å²) in [6.07, 6.45) is -0.879. The van der Waals surface area contributed by atoms with Crippen LogP contribution in [0.5, 0.6) is 0 Å². The number of nitrogens with zero attached hydrogens (tertiary/aromatic N) is 1. The first kappa shape index (κ1) is 23.1. The Labute approximate surface area is 181 Å². The van der Waals surface area contributed by atoms with Crippen molar-refractivity contribution in [3.63, 3.8) is 0 Å². The molecule has 3 rings (SSSR count). The minimum absolute atomic E-state index is 0.217. The van der Waals surface area contributed by atoms with Crippen molar-refractivity contribution in [3.8, 4) is 11.1 Å². The third-order valence-electron chi connectivity index (χ3n) is 5.57. The molecule has 1 aliphatic rings. The van der Waals surface area contributed by atoms with Crippen LogP contribution in [-0.2, 0) is 17.5 Å². The maximum Gasteiger partial charge on any atom is 0.416 e. The Balaban J connectivity index is 1.44. The van der Waals surface area contributed by atoms with Gasteiger partial charge in [0.1, 0.15) is 0 Å². The van der Waals surface area contributed by atoms with E-state index in [2.05, 4.69) is 12.2 Å². The van der Waals surface area contributed by atoms with Gasteiger partial charge in [-0.3, -0.25) is 0 Å². The molecule has 0 spiro atoms. The third-order valence-corrected chi connectivity index (χ3v) is 5.57. The second-order valence-corrected chi connectivity index (χ2v) is 7.88. The number of amides is 1. The lowest BCUT2D eigenvalue weighted by Crippen LogP contribution is -2.45. The molecule has 0 saturated carbocycles. The number of rotatable bonds is 7. The molecule has 7 heteroatoms. The van der Waals surface area contributed by atoms with Gasteiger partial charge in [-0.15, -0.1) is 0 Å². The molecule has 0 atom stereocenters. The SMILES string of the molecule is CCCCOC(=O)N1CCC(NCc2ccc(-c3ccc(C(F)(F)F)cc3)cc2)CC1. The van der Waals surface area contributed by atoms with Crippen LogP contribution in [0.3, 0.4) is 0 Å². The standard InChI is InChI=1S/C24H29F3N2O2/c1-2-3-16-31-23(30)29-14-12-22(13-15-29)28-17-18-4-6-19(7-5-18)20-8-10-21(11-9-20)24(25,26)27/h4-11,22,28H,2-3,12-17H2,1H3. The summed E-state index contributed by atoms with van der Waals surface area (Å²) in [5, 5.41) is 3.53. The maximum absolute atomic E-state index is 12.7. The Kier molecular flexibility index (Phi) is 7.96. The first-order valence-electron chi connectivity index (χ1n) is 10.8. The van der Waals surface area contributed by atoms with Crippen LogP contribution in [0.25, 0.3) is 11.1 Å². The van der Waals surface area contributed by atoms with Gasteiger partial charge in [-0.2, -0.15) is 13.2 Å². The van der Waals surface area contributed by atoms with E-state index in [0.29, 0.717) is 32.3 Å². The van der Waals surface area contributed by atoms with Gasteiger partial charge in [0.05, 0.1) is 12.2 Å². The molecular weight excluding hydrogens is 405 g/mol. The predicted octanol–water partition coefficient (Wildman–Crippen LogP) is 5.86. The normalized spacial score (nSPS) is 15.2. The van der Waals surface area contributed by atoms with Crippen LogP contribution in [0.1, 0.15) is 43.7 Å². The monoisotopic (exact) mass is 434 g/mol. The minimum Gasteiger partial charge on any atom is -0.449 e. The summed E-state index contributed by atoms with van der Waals surface area (Å²) in [5.74, 6) is 0. The van der Waals surface area contributed by atoms with E-state index in [1.54, 1.807) is 4.90 Å². The average molecular weight is 435 g/mol.